The van der Waals surface area contributed by atoms with Gasteiger partial charge in [0.1, 0.15) is 23.6 Å². The van der Waals surface area contributed by atoms with E-state index in [1.165, 1.54) is 0 Å². The quantitative estimate of drug-likeness (QED) is 0.266. The second-order valence-electron chi connectivity index (χ2n) is 14.2. The van der Waals surface area contributed by atoms with E-state index >= 15 is 0 Å². The van der Waals surface area contributed by atoms with Crippen molar-refractivity contribution in [2.45, 2.75) is 96.5 Å². The Bertz CT molecular complexity index is 1530. The summed E-state index contributed by atoms with van der Waals surface area (Å²) in [6, 6.07) is 14.8. The van der Waals surface area contributed by atoms with Crippen molar-refractivity contribution in [3.8, 4) is 5.75 Å². The molecule has 0 aliphatic carbocycles. The lowest BCUT2D eigenvalue weighted by molar-refractivity contribution is -0.225. The molecule has 1 saturated heterocycles. The first kappa shape index (κ1) is 31.0. The van der Waals surface area contributed by atoms with Gasteiger partial charge in [-0.05, 0) is 90.1 Å². The molecule has 3 heterocycles. The first-order valence-electron chi connectivity index (χ1n) is 14.7. The number of aromatic hydroxyl groups is 1. The van der Waals surface area contributed by atoms with Crippen LogP contribution in [0.15, 0.2) is 53.5 Å². The van der Waals surface area contributed by atoms with Crippen LogP contribution >= 0.6 is 0 Å². The van der Waals surface area contributed by atoms with Gasteiger partial charge < -0.3 is 27.7 Å². The first-order chi connectivity index (χ1) is 19.5. The van der Waals surface area contributed by atoms with E-state index in [1.807, 2.05) is 54.0 Å². The molecule has 8 nitrogen and oxygen atoms in total. The van der Waals surface area contributed by atoms with Crippen molar-refractivity contribution in [1.29, 1.82) is 0 Å². The molecule has 1 fully saturated rings. The van der Waals surface area contributed by atoms with E-state index in [0.29, 0.717) is 22.3 Å². The van der Waals surface area contributed by atoms with E-state index in [0.717, 1.165) is 5.52 Å². The third-order valence-electron chi connectivity index (χ3n) is 7.17. The Morgan fingerprint density at radius 2 is 1.33 bits per heavy atom. The smallest absolute Gasteiger partial charge is 0.215 e. The summed E-state index contributed by atoms with van der Waals surface area (Å²) in [5, 5.41) is 12.3. The molecular weight excluding hydrogens is 581 g/mol. The molecule has 5 rings (SSSR count). The zero-order chi connectivity index (χ0) is 30.8. The Balaban J connectivity index is 1.74. The largest absolute Gasteiger partial charge is 0.505 e. The lowest BCUT2D eigenvalue weighted by Gasteiger charge is -2.50. The van der Waals surface area contributed by atoms with Crippen molar-refractivity contribution in [3.05, 3.63) is 59.8 Å². The number of nitrogens with zero attached hydrogens (tertiary/aromatic N) is 2. The van der Waals surface area contributed by atoms with Gasteiger partial charge in [-0.3, -0.25) is 4.79 Å². The fourth-order valence-electron chi connectivity index (χ4n) is 5.80. The predicted molar refractivity (Wildman–Crippen MR) is 175 cm³/mol. The van der Waals surface area contributed by atoms with Gasteiger partial charge >= 0.3 is 0 Å². The molecule has 0 saturated carbocycles. The molecule has 0 radical (unpaired) electrons. The summed E-state index contributed by atoms with van der Waals surface area (Å²) in [5.41, 5.74) is 2.35. The number of hydrogen-bond acceptors (Lipinski definition) is 7. The molecule has 0 bridgehead atoms. The zero-order valence-corrected chi connectivity index (χ0v) is 29.4. The maximum atomic E-state index is 13.7. The SMILES string of the molecule is C[C@@H]1OC(n2c(C3=Nc4ccccc4C3=O)c(O)c3ccccc32)[C@H](O[Si](C)(C)C)[C@H](O[Si](C)(C)C)[C@H]1O[Si](C)(C)C. The summed E-state index contributed by atoms with van der Waals surface area (Å²) in [5.74, 6) is -0.233. The van der Waals surface area contributed by atoms with Crippen molar-refractivity contribution in [1.82, 2.24) is 4.57 Å². The topological polar surface area (TPSA) is 91.5 Å². The normalized spacial score (nSPS) is 25.1. The van der Waals surface area contributed by atoms with Gasteiger partial charge in [0.2, 0.25) is 5.78 Å². The molecule has 1 aromatic heterocycles. The Morgan fingerprint density at radius 1 is 0.786 bits per heavy atom. The van der Waals surface area contributed by atoms with Gasteiger partial charge in [-0.15, -0.1) is 0 Å². The van der Waals surface area contributed by atoms with Gasteiger partial charge in [0.25, 0.3) is 0 Å². The summed E-state index contributed by atoms with van der Waals surface area (Å²) in [7, 11) is -6.29. The molecule has 11 heteroatoms. The minimum absolute atomic E-state index is 0.00310. The Labute approximate surface area is 252 Å². The van der Waals surface area contributed by atoms with Crippen molar-refractivity contribution in [2.75, 3.05) is 0 Å². The molecule has 2 aliphatic heterocycles. The highest BCUT2D eigenvalue weighted by molar-refractivity contribution is 6.70. The van der Waals surface area contributed by atoms with Gasteiger partial charge in [0.15, 0.2) is 36.9 Å². The lowest BCUT2D eigenvalue weighted by Crippen LogP contribution is -2.63. The van der Waals surface area contributed by atoms with Crippen molar-refractivity contribution < 1.29 is 27.9 Å². The van der Waals surface area contributed by atoms with Gasteiger partial charge in [-0.25, -0.2) is 4.99 Å². The highest BCUT2D eigenvalue weighted by atomic mass is 28.4. The van der Waals surface area contributed by atoms with Crippen LogP contribution in [0.1, 0.15) is 29.2 Å². The summed E-state index contributed by atoms with van der Waals surface area (Å²) >= 11 is 0. The number of carbonyl (C=O) groups is 1. The molecule has 1 N–H and O–H groups in total. The zero-order valence-electron chi connectivity index (χ0n) is 26.4. The number of aromatic nitrogens is 1. The van der Waals surface area contributed by atoms with E-state index < -0.39 is 43.4 Å². The average Bonchev–Trinajstić information content (AvgIpc) is 3.35. The summed E-state index contributed by atoms with van der Waals surface area (Å²) in [6.45, 7) is 21.5. The molecule has 0 amide bonds. The number of para-hydroxylation sites is 2. The molecule has 3 aromatic rings. The number of fused-ring (bicyclic) bond motifs is 2. The number of Topliss-reactive ketones (excluding diaryl/α,β-unsaturated/α-hetero) is 1. The van der Waals surface area contributed by atoms with Crippen LogP contribution in [0.2, 0.25) is 58.9 Å². The van der Waals surface area contributed by atoms with Gasteiger partial charge in [0, 0.05) is 10.9 Å². The molecular formula is C31H44N2O6Si3. The van der Waals surface area contributed by atoms with Crippen molar-refractivity contribution >= 4 is 53.0 Å². The monoisotopic (exact) mass is 624 g/mol. The van der Waals surface area contributed by atoms with Crippen LogP contribution in [0.5, 0.6) is 5.75 Å². The Morgan fingerprint density at radius 3 is 1.95 bits per heavy atom. The van der Waals surface area contributed by atoms with Crippen molar-refractivity contribution in [2.24, 2.45) is 4.99 Å². The van der Waals surface area contributed by atoms with E-state index in [2.05, 4.69) is 58.9 Å². The van der Waals surface area contributed by atoms with E-state index in [-0.39, 0.29) is 29.5 Å². The molecule has 2 aromatic carbocycles. The van der Waals surface area contributed by atoms with E-state index in [9.17, 15) is 9.90 Å². The predicted octanol–water partition coefficient (Wildman–Crippen LogP) is 7.24. The van der Waals surface area contributed by atoms with Crippen LogP contribution in [0.25, 0.3) is 10.9 Å². The fraction of sp³-hybridized carbons (Fsp3) is 0.484. The molecule has 226 valence electrons. The minimum Gasteiger partial charge on any atom is -0.505 e. The van der Waals surface area contributed by atoms with Gasteiger partial charge in [-0.2, -0.15) is 0 Å². The standard InChI is InChI=1S/C31H44N2O6Si3/c1-19-28(37-40(2,3)4)29(38-41(5,6)7)30(39-42(8,9)10)31(36-19)33-23-18-14-12-16-21(23)27(35)25(33)24-26(34)20-15-11-13-17-22(20)32-24/h11-19,28-31,35H,1-10H3/t19-,28-,29+,30+,31?/m0/s1. The number of carbonyl (C=O) groups excluding carboxylic acids is 1. The molecule has 2 aliphatic rings. The molecule has 1 unspecified atom stereocenters. The Hall–Kier alpha value is -2.39. The lowest BCUT2D eigenvalue weighted by atomic mass is 9.98. The second kappa shape index (κ2) is 11.0. The van der Waals surface area contributed by atoms with Gasteiger partial charge in [-0.1, -0.05) is 24.3 Å². The number of ether oxygens (including phenoxy) is 1. The maximum Gasteiger partial charge on any atom is 0.215 e. The Kier molecular flexibility index (Phi) is 8.10. The third-order valence-corrected chi connectivity index (χ3v) is 10.1. The summed E-state index contributed by atoms with van der Waals surface area (Å²) in [4.78, 5) is 18.5. The first-order valence-corrected chi connectivity index (χ1v) is 24.9. The summed E-state index contributed by atoms with van der Waals surface area (Å²) in [6.07, 6.45) is -2.38. The third kappa shape index (κ3) is 6.14. The van der Waals surface area contributed by atoms with E-state index in [1.54, 1.807) is 6.07 Å². The fourth-order valence-corrected chi connectivity index (χ4v) is 9.10. The van der Waals surface area contributed by atoms with Gasteiger partial charge in [0.05, 0.1) is 23.4 Å². The number of benzene rings is 2. The molecule has 5 atom stereocenters. The molecule has 42 heavy (non-hydrogen) atoms. The van der Waals surface area contributed by atoms with Crippen LogP contribution in [0.4, 0.5) is 5.69 Å². The van der Waals surface area contributed by atoms with Crippen LogP contribution < -0.4 is 0 Å². The van der Waals surface area contributed by atoms with Crippen molar-refractivity contribution in [3.63, 3.8) is 0 Å². The molecule has 0 spiro atoms. The number of aliphatic imine (C=N–C) groups is 1. The van der Waals surface area contributed by atoms with Crippen LogP contribution in [0.3, 0.4) is 0 Å². The summed E-state index contributed by atoms with van der Waals surface area (Å²) < 4.78 is 29.5. The minimum atomic E-state index is -2.18. The average molecular weight is 625 g/mol. The van der Waals surface area contributed by atoms with Crippen LogP contribution in [-0.2, 0) is 18.0 Å². The highest BCUT2D eigenvalue weighted by Gasteiger charge is 2.52. The van der Waals surface area contributed by atoms with Crippen LogP contribution in [0, 0.1) is 0 Å². The number of ketones is 1. The van der Waals surface area contributed by atoms with Crippen LogP contribution in [-0.4, -0.2) is 70.5 Å². The second-order valence-corrected chi connectivity index (χ2v) is 27.6. The maximum absolute atomic E-state index is 13.7. The number of hydrogen-bond donors (Lipinski definition) is 1. The number of rotatable bonds is 8. The highest BCUT2D eigenvalue weighted by Crippen LogP contribution is 2.44. The van der Waals surface area contributed by atoms with E-state index in [4.69, 9.17) is 23.0 Å².